The van der Waals surface area contributed by atoms with E-state index in [-0.39, 0.29) is 75.6 Å². The summed E-state index contributed by atoms with van der Waals surface area (Å²) in [6, 6.07) is 0. The number of nitrogens with zero attached hydrogens (tertiary/aromatic N) is 2. The van der Waals surface area contributed by atoms with Crippen LogP contribution in [0.4, 0.5) is 0 Å². The monoisotopic (exact) mass is 394 g/mol. The van der Waals surface area contributed by atoms with E-state index in [1.165, 1.54) is 0 Å². The first-order valence-electron chi connectivity index (χ1n) is 9.06. The Morgan fingerprint density at radius 2 is 1.00 bits per heavy atom. The number of amides is 4. The van der Waals surface area contributed by atoms with Gasteiger partial charge in [-0.25, -0.2) is 9.59 Å². The van der Waals surface area contributed by atoms with Gasteiger partial charge < -0.3 is 9.47 Å². The van der Waals surface area contributed by atoms with Crippen molar-refractivity contribution in [3.63, 3.8) is 0 Å². The molecule has 2 aliphatic heterocycles. The van der Waals surface area contributed by atoms with Gasteiger partial charge in [-0.15, -0.1) is 0 Å². The Bertz CT molecular complexity index is 610. The second-order valence-corrected chi connectivity index (χ2v) is 6.25. The highest BCUT2D eigenvalue weighted by Gasteiger charge is 2.28. The number of esters is 2. The van der Waals surface area contributed by atoms with Crippen molar-refractivity contribution < 1.29 is 38.2 Å². The van der Waals surface area contributed by atoms with Gasteiger partial charge in [0.05, 0.1) is 13.2 Å². The molecule has 2 saturated heterocycles. The van der Waals surface area contributed by atoms with E-state index in [9.17, 15) is 28.8 Å². The second kappa shape index (κ2) is 10.3. The van der Waals surface area contributed by atoms with Crippen molar-refractivity contribution in [1.29, 1.82) is 0 Å². The Hall–Kier alpha value is -3.04. The Labute approximate surface area is 161 Å². The van der Waals surface area contributed by atoms with Crippen LogP contribution < -0.4 is 0 Å². The van der Waals surface area contributed by atoms with Crippen molar-refractivity contribution in [1.82, 2.24) is 9.80 Å². The van der Waals surface area contributed by atoms with E-state index in [1.807, 2.05) is 0 Å². The summed E-state index contributed by atoms with van der Waals surface area (Å²) in [5, 5.41) is 0. The van der Waals surface area contributed by atoms with Gasteiger partial charge >= 0.3 is 11.9 Å². The first-order valence-corrected chi connectivity index (χ1v) is 9.06. The lowest BCUT2D eigenvalue weighted by Crippen LogP contribution is -2.30. The topological polar surface area (TPSA) is 127 Å². The quantitative estimate of drug-likeness (QED) is 0.214. The number of carbonyl (C=O) groups is 6. The molecular formula is C18H22N2O8. The molecule has 152 valence electrons. The van der Waals surface area contributed by atoms with E-state index in [0.29, 0.717) is 12.8 Å². The fourth-order valence-electron chi connectivity index (χ4n) is 2.77. The van der Waals surface area contributed by atoms with E-state index in [0.717, 1.165) is 22.0 Å². The predicted molar refractivity (Wildman–Crippen MR) is 92.2 cm³/mol. The van der Waals surface area contributed by atoms with Crippen molar-refractivity contribution in [2.24, 2.45) is 0 Å². The maximum Gasteiger partial charge on any atom is 0.331 e. The lowest BCUT2D eigenvalue weighted by atomic mass is 10.4. The van der Waals surface area contributed by atoms with Gasteiger partial charge in [0.25, 0.3) is 0 Å². The van der Waals surface area contributed by atoms with Crippen LogP contribution in [0.15, 0.2) is 12.2 Å². The summed E-state index contributed by atoms with van der Waals surface area (Å²) >= 11 is 0. The molecule has 0 N–H and O–H groups in total. The van der Waals surface area contributed by atoms with Crippen LogP contribution in [-0.2, 0) is 38.2 Å². The summed E-state index contributed by atoms with van der Waals surface area (Å²) in [6.45, 7) is 0.401. The van der Waals surface area contributed by atoms with Crippen LogP contribution in [0.25, 0.3) is 0 Å². The SMILES string of the molecule is O=C(/C=C/C(=O)OCCCN1C(=O)CCC1=O)OCCCN1C(=O)CCC1=O. The predicted octanol–water partition coefficient (Wildman–Crippen LogP) is -0.293. The Morgan fingerprint density at radius 3 is 1.32 bits per heavy atom. The molecule has 0 aromatic carbocycles. The van der Waals surface area contributed by atoms with Gasteiger partial charge in [0, 0.05) is 50.9 Å². The number of carbonyl (C=O) groups excluding carboxylic acids is 6. The molecule has 0 aliphatic carbocycles. The summed E-state index contributed by atoms with van der Waals surface area (Å²) in [6.07, 6.45) is 3.33. The van der Waals surface area contributed by atoms with E-state index in [2.05, 4.69) is 0 Å². The fourth-order valence-corrected chi connectivity index (χ4v) is 2.77. The van der Waals surface area contributed by atoms with Gasteiger partial charge in [0.2, 0.25) is 23.6 Å². The molecule has 0 unspecified atom stereocenters. The molecule has 0 aromatic heterocycles. The average Bonchev–Trinajstić information content (AvgIpc) is 3.16. The normalized spacial score (nSPS) is 17.1. The lowest BCUT2D eigenvalue weighted by molar-refractivity contribution is -0.142. The summed E-state index contributed by atoms with van der Waals surface area (Å²) in [5.74, 6) is -2.39. The zero-order valence-electron chi connectivity index (χ0n) is 15.4. The van der Waals surface area contributed by atoms with E-state index >= 15 is 0 Å². The average molecular weight is 394 g/mol. The molecule has 2 rings (SSSR count). The number of likely N-dealkylation sites (tertiary alicyclic amines) is 2. The second-order valence-electron chi connectivity index (χ2n) is 6.25. The number of hydrogen-bond acceptors (Lipinski definition) is 8. The smallest absolute Gasteiger partial charge is 0.331 e. The third-order valence-electron chi connectivity index (χ3n) is 4.21. The molecule has 0 atom stereocenters. The molecule has 10 nitrogen and oxygen atoms in total. The molecule has 10 heteroatoms. The maximum absolute atomic E-state index is 11.5. The number of hydrogen-bond donors (Lipinski definition) is 0. The van der Waals surface area contributed by atoms with Gasteiger partial charge in [-0.1, -0.05) is 0 Å². The molecule has 4 amide bonds. The molecule has 0 aromatic rings. The van der Waals surface area contributed by atoms with Crippen LogP contribution in [0.5, 0.6) is 0 Å². The number of rotatable bonds is 10. The van der Waals surface area contributed by atoms with Crippen LogP contribution in [0, 0.1) is 0 Å². The van der Waals surface area contributed by atoms with Crippen LogP contribution in [-0.4, -0.2) is 71.7 Å². The number of ether oxygens (including phenoxy) is 2. The molecule has 0 saturated carbocycles. The largest absolute Gasteiger partial charge is 0.462 e. The first kappa shape index (κ1) is 21.3. The zero-order valence-corrected chi connectivity index (χ0v) is 15.4. The zero-order chi connectivity index (χ0) is 20.5. The van der Waals surface area contributed by atoms with Gasteiger partial charge in [-0.3, -0.25) is 29.0 Å². The van der Waals surface area contributed by atoms with Gasteiger partial charge in [0.1, 0.15) is 0 Å². The van der Waals surface area contributed by atoms with E-state index in [4.69, 9.17) is 9.47 Å². The minimum atomic E-state index is -0.746. The number of imide groups is 2. The molecule has 0 bridgehead atoms. The molecule has 2 heterocycles. The minimum Gasteiger partial charge on any atom is -0.462 e. The van der Waals surface area contributed by atoms with Gasteiger partial charge in [-0.2, -0.15) is 0 Å². The lowest BCUT2D eigenvalue weighted by Gasteiger charge is -2.13. The van der Waals surface area contributed by atoms with Crippen molar-refractivity contribution in [2.75, 3.05) is 26.3 Å². The molecule has 2 fully saturated rings. The van der Waals surface area contributed by atoms with Crippen LogP contribution in [0.2, 0.25) is 0 Å². The summed E-state index contributed by atoms with van der Waals surface area (Å²) in [4.78, 5) is 70.9. The van der Waals surface area contributed by atoms with Crippen molar-refractivity contribution >= 4 is 35.6 Å². The first-order chi connectivity index (χ1) is 13.4. The van der Waals surface area contributed by atoms with E-state index in [1.54, 1.807) is 0 Å². The fraction of sp³-hybridized carbons (Fsp3) is 0.556. The van der Waals surface area contributed by atoms with Gasteiger partial charge in [-0.05, 0) is 12.8 Å². The molecule has 0 spiro atoms. The summed E-state index contributed by atoms with van der Waals surface area (Å²) < 4.78 is 9.75. The highest BCUT2D eigenvalue weighted by atomic mass is 16.5. The highest BCUT2D eigenvalue weighted by molar-refractivity contribution is 6.02. The van der Waals surface area contributed by atoms with Crippen LogP contribution >= 0.6 is 0 Å². The summed E-state index contributed by atoms with van der Waals surface area (Å²) in [5.41, 5.74) is 0. The molecule has 28 heavy (non-hydrogen) atoms. The molecule has 0 radical (unpaired) electrons. The highest BCUT2D eigenvalue weighted by Crippen LogP contribution is 2.12. The van der Waals surface area contributed by atoms with E-state index < -0.39 is 11.9 Å². The summed E-state index contributed by atoms with van der Waals surface area (Å²) in [7, 11) is 0. The van der Waals surface area contributed by atoms with Crippen molar-refractivity contribution in [3.8, 4) is 0 Å². The molecular weight excluding hydrogens is 372 g/mol. The van der Waals surface area contributed by atoms with Crippen LogP contribution in [0.1, 0.15) is 38.5 Å². The third kappa shape index (κ3) is 6.29. The Balaban J connectivity index is 1.54. The van der Waals surface area contributed by atoms with Gasteiger partial charge in [0.15, 0.2) is 0 Å². The standard InChI is InChI=1S/C18H22N2O8/c21-13-3-4-14(22)19(13)9-1-11-27-17(25)7-8-18(26)28-12-2-10-20-15(23)5-6-16(20)24/h7-8H,1-6,9-12H2/b8-7+. The minimum absolute atomic E-state index is 0.00712. The van der Waals surface area contributed by atoms with Crippen LogP contribution in [0.3, 0.4) is 0 Å². The van der Waals surface area contributed by atoms with Crippen molar-refractivity contribution in [3.05, 3.63) is 12.2 Å². The molecule has 2 aliphatic rings. The Kier molecular flexibility index (Phi) is 7.85. The van der Waals surface area contributed by atoms with Crippen molar-refractivity contribution in [2.45, 2.75) is 38.5 Å². The maximum atomic E-state index is 11.5. The Morgan fingerprint density at radius 1 is 0.679 bits per heavy atom. The third-order valence-corrected chi connectivity index (χ3v) is 4.21.